The molecule has 6 nitrogen and oxygen atoms in total. The van der Waals surface area contributed by atoms with E-state index in [2.05, 4.69) is 10.6 Å². The normalized spacial score (nSPS) is 19.8. The molecule has 0 radical (unpaired) electrons. The number of rotatable bonds is 2. The minimum absolute atomic E-state index is 0.0445. The van der Waals surface area contributed by atoms with E-state index in [1.165, 1.54) is 6.07 Å². The van der Waals surface area contributed by atoms with Crippen molar-refractivity contribution in [1.29, 1.82) is 0 Å². The van der Waals surface area contributed by atoms with Gasteiger partial charge in [-0.05, 0) is 12.5 Å². The molecule has 0 bridgehead atoms. The lowest BCUT2D eigenvalue weighted by Gasteiger charge is -2.25. The maximum absolute atomic E-state index is 11.2. The van der Waals surface area contributed by atoms with Gasteiger partial charge < -0.3 is 5.32 Å². The smallest absolute Gasteiger partial charge is 0.272 e. The molecule has 0 saturated carbocycles. The SMILES string of the molecule is Cc1ccc([C@@H]2NCCC(=O)N2)cc1[N+](=O)[O-]. The number of nitrogens with zero attached hydrogens (tertiary/aromatic N) is 1. The number of amides is 1. The van der Waals surface area contributed by atoms with E-state index in [4.69, 9.17) is 0 Å². The number of hydrogen-bond donors (Lipinski definition) is 2. The molecule has 6 heteroatoms. The Labute approximate surface area is 98.2 Å². The molecule has 1 aliphatic rings. The molecule has 2 N–H and O–H groups in total. The summed E-state index contributed by atoms with van der Waals surface area (Å²) >= 11 is 0. The fourth-order valence-electron chi connectivity index (χ4n) is 1.82. The fourth-order valence-corrected chi connectivity index (χ4v) is 1.82. The molecule has 1 saturated heterocycles. The number of nitrogens with one attached hydrogen (secondary N) is 2. The minimum atomic E-state index is -0.413. The quantitative estimate of drug-likeness (QED) is 0.592. The summed E-state index contributed by atoms with van der Waals surface area (Å²) in [6, 6.07) is 4.97. The first-order valence-electron chi connectivity index (χ1n) is 5.35. The predicted octanol–water partition coefficient (Wildman–Crippen LogP) is 1.01. The molecule has 17 heavy (non-hydrogen) atoms. The van der Waals surface area contributed by atoms with Gasteiger partial charge in [-0.3, -0.25) is 20.2 Å². The van der Waals surface area contributed by atoms with Crippen LogP contribution in [-0.2, 0) is 4.79 Å². The molecule has 0 unspecified atom stereocenters. The zero-order valence-electron chi connectivity index (χ0n) is 9.40. The van der Waals surface area contributed by atoms with Crippen molar-refractivity contribution in [2.24, 2.45) is 0 Å². The Morgan fingerprint density at radius 2 is 2.24 bits per heavy atom. The lowest BCUT2D eigenvalue weighted by molar-refractivity contribution is -0.385. The van der Waals surface area contributed by atoms with Gasteiger partial charge in [0.25, 0.3) is 5.69 Å². The molecule has 1 aliphatic heterocycles. The molecule has 1 aromatic rings. The summed E-state index contributed by atoms with van der Waals surface area (Å²) in [5, 5.41) is 16.7. The molecule has 0 aliphatic carbocycles. The zero-order valence-corrected chi connectivity index (χ0v) is 9.40. The van der Waals surface area contributed by atoms with E-state index in [9.17, 15) is 14.9 Å². The monoisotopic (exact) mass is 235 g/mol. The zero-order chi connectivity index (χ0) is 12.4. The fraction of sp³-hybridized carbons (Fsp3) is 0.364. The molecule has 1 aromatic carbocycles. The number of hydrogen-bond acceptors (Lipinski definition) is 4. The van der Waals surface area contributed by atoms with Crippen LogP contribution in [0.1, 0.15) is 23.7 Å². The van der Waals surface area contributed by atoms with Gasteiger partial charge >= 0.3 is 0 Å². The molecule has 1 fully saturated rings. The molecular formula is C11H13N3O3. The highest BCUT2D eigenvalue weighted by Gasteiger charge is 2.21. The summed E-state index contributed by atoms with van der Waals surface area (Å²) in [5.41, 5.74) is 1.39. The molecule has 0 spiro atoms. The molecule has 1 atom stereocenters. The van der Waals surface area contributed by atoms with Crippen molar-refractivity contribution in [2.75, 3.05) is 6.54 Å². The molecular weight excluding hydrogens is 222 g/mol. The van der Waals surface area contributed by atoms with Gasteiger partial charge in [0.05, 0.1) is 4.92 Å². The highest BCUT2D eigenvalue weighted by molar-refractivity contribution is 5.77. The second-order valence-corrected chi connectivity index (χ2v) is 4.01. The first kappa shape index (κ1) is 11.5. The average molecular weight is 235 g/mol. The lowest BCUT2D eigenvalue weighted by Crippen LogP contribution is -2.44. The van der Waals surface area contributed by atoms with Gasteiger partial charge in [-0.2, -0.15) is 0 Å². The van der Waals surface area contributed by atoms with Crippen LogP contribution in [0.4, 0.5) is 5.69 Å². The van der Waals surface area contributed by atoms with Crippen LogP contribution in [0.15, 0.2) is 18.2 Å². The number of nitro groups is 1. The predicted molar refractivity (Wildman–Crippen MR) is 61.3 cm³/mol. The second kappa shape index (κ2) is 4.50. The van der Waals surface area contributed by atoms with Crippen molar-refractivity contribution in [1.82, 2.24) is 10.6 Å². The van der Waals surface area contributed by atoms with Crippen molar-refractivity contribution >= 4 is 11.6 Å². The van der Waals surface area contributed by atoms with Crippen molar-refractivity contribution in [3.8, 4) is 0 Å². The Morgan fingerprint density at radius 3 is 2.88 bits per heavy atom. The largest absolute Gasteiger partial charge is 0.337 e. The van der Waals surface area contributed by atoms with Crippen LogP contribution in [0.25, 0.3) is 0 Å². The highest BCUT2D eigenvalue weighted by Crippen LogP contribution is 2.23. The van der Waals surface area contributed by atoms with E-state index in [0.717, 1.165) is 0 Å². The van der Waals surface area contributed by atoms with E-state index in [1.807, 2.05) is 0 Å². The Hall–Kier alpha value is -1.95. The van der Waals surface area contributed by atoms with E-state index >= 15 is 0 Å². The summed E-state index contributed by atoms with van der Waals surface area (Å²) in [7, 11) is 0. The highest BCUT2D eigenvalue weighted by atomic mass is 16.6. The van der Waals surface area contributed by atoms with Gasteiger partial charge in [0, 0.05) is 24.6 Å². The van der Waals surface area contributed by atoms with E-state index < -0.39 is 4.92 Å². The summed E-state index contributed by atoms with van der Waals surface area (Å²) in [6.45, 7) is 2.27. The Kier molecular flexibility index (Phi) is 3.06. The topological polar surface area (TPSA) is 84.3 Å². The first-order valence-corrected chi connectivity index (χ1v) is 5.35. The summed E-state index contributed by atoms with van der Waals surface area (Å²) in [5.74, 6) is -0.0445. The Morgan fingerprint density at radius 1 is 1.47 bits per heavy atom. The summed E-state index contributed by atoms with van der Waals surface area (Å²) < 4.78 is 0. The van der Waals surface area contributed by atoms with Crippen LogP contribution in [0.2, 0.25) is 0 Å². The van der Waals surface area contributed by atoms with E-state index in [0.29, 0.717) is 24.1 Å². The standard InChI is InChI=1S/C11H13N3O3/c1-7-2-3-8(6-9(7)14(16)17)11-12-5-4-10(15)13-11/h2-3,6,11-12H,4-5H2,1H3,(H,13,15)/t11-/m1/s1. The van der Waals surface area contributed by atoms with Crippen LogP contribution < -0.4 is 10.6 Å². The van der Waals surface area contributed by atoms with Crippen molar-refractivity contribution in [3.63, 3.8) is 0 Å². The lowest BCUT2D eigenvalue weighted by atomic mass is 10.1. The van der Waals surface area contributed by atoms with E-state index in [-0.39, 0.29) is 17.8 Å². The Balaban J connectivity index is 2.29. The van der Waals surface area contributed by atoms with Gasteiger partial charge in [-0.15, -0.1) is 0 Å². The van der Waals surface area contributed by atoms with E-state index in [1.54, 1.807) is 19.1 Å². The van der Waals surface area contributed by atoms with Gasteiger partial charge in [0.15, 0.2) is 0 Å². The maximum Gasteiger partial charge on any atom is 0.272 e. The Bertz CT molecular complexity index is 473. The number of carbonyl (C=O) groups is 1. The van der Waals surface area contributed by atoms with Crippen LogP contribution in [0, 0.1) is 17.0 Å². The third-order valence-corrected chi connectivity index (χ3v) is 2.77. The minimum Gasteiger partial charge on any atom is -0.337 e. The van der Waals surface area contributed by atoms with Crippen LogP contribution in [0.5, 0.6) is 0 Å². The summed E-state index contributed by atoms with van der Waals surface area (Å²) in [6.07, 6.45) is 0.0975. The third kappa shape index (κ3) is 2.42. The van der Waals surface area contributed by atoms with Crippen LogP contribution in [-0.4, -0.2) is 17.4 Å². The number of aryl methyl sites for hydroxylation is 1. The number of nitro benzene ring substituents is 1. The molecule has 1 heterocycles. The van der Waals surface area contributed by atoms with Gasteiger partial charge in [0.2, 0.25) is 5.91 Å². The first-order chi connectivity index (χ1) is 8.08. The number of benzene rings is 1. The summed E-state index contributed by atoms with van der Waals surface area (Å²) in [4.78, 5) is 21.7. The molecule has 90 valence electrons. The average Bonchev–Trinajstić information content (AvgIpc) is 2.29. The molecule has 0 aromatic heterocycles. The van der Waals surface area contributed by atoms with Crippen molar-refractivity contribution in [3.05, 3.63) is 39.4 Å². The van der Waals surface area contributed by atoms with Crippen LogP contribution in [0.3, 0.4) is 0 Å². The van der Waals surface area contributed by atoms with Crippen LogP contribution >= 0.6 is 0 Å². The maximum atomic E-state index is 11.2. The van der Waals surface area contributed by atoms with Crippen molar-refractivity contribution < 1.29 is 9.72 Å². The van der Waals surface area contributed by atoms with Gasteiger partial charge in [-0.25, -0.2) is 0 Å². The molecule has 1 amide bonds. The molecule has 2 rings (SSSR count). The number of carbonyl (C=O) groups excluding carboxylic acids is 1. The van der Waals surface area contributed by atoms with Crippen molar-refractivity contribution in [2.45, 2.75) is 19.5 Å². The second-order valence-electron chi connectivity index (χ2n) is 4.01. The van der Waals surface area contributed by atoms with Gasteiger partial charge in [0.1, 0.15) is 6.17 Å². The van der Waals surface area contributed by atoms with Gasteiger partial charge in [-0.1, -0.05) is 12.1 Å². The third-order valence-electron chi connectivity index (χ3n) is 2.77.